The van der Waals surface area contributed by atoms with Gasteiger partial charge >= 0.3 is 0 Å². The summed E-state index contributed by atoms with van der Waals surface area (Å²) in [7, 11) is 1.87. The fraction of sp³-hybridized carbons (Fsp3) is 0.938. The SMILES string of the molecule is CCC(C)N1CCN(CCCCC(C)(C#N)NC)CC1. The Morgan fingerprint density at radius 2 is 1.90 bits per heavy atom. The maximum atomic E-state index is 9.11. The molecule has 1 aliphatic heterocycles. The highest BCUT2D eigenvalue weighted by Crippen LogP contribution is 2.14. The Morgan fingerprint density at radius 3 is 2.40 bits per heavy atom. The lowest BCUT2D eigenvalue weighted by atomic mass is 9.97. The van der Waals surface area contributed by atoms with E-state index in [4.69, 9.17) is 5.26 Å². The van der Waals surface area contributed by atoms with E-state index in [2.05, 4.69) is 35.0 Å². The summed E-state index contributed by atoms with van der Waals surface area (Å²) in [6, 6.07) is 3.09. The molecular formula is C16H32N4. The monoisotopic (exact) mass is 280 g/mol. The van der Waals surface area contributed by atoms with Gasteiger partial charge in [-0.05, 0) is 53.1 Å². The molecule has 4 heteroatoms. The van der Waals surface area contributed by atoms with Crippen molar-refractivity contribution in [2.75, 3.05) is 39.8 Å². The Morgan fingerprint density at radius 1 is 1.25 bits per heavy atom. The van der Waals surface area contributed by atoms with Crippen LogP contribution in [0, 0.1) is 11.3 Å². The first-order valence-corrected chi connectivity index (χ1v) is 8.11. The summed E-state index contributed by atoms with van der Waals surface area (Å²) in [5.74, 6) is 0. The fourth-order valence-electron chi connectivity index (χ4n) is 2.74. The number of piperazine rings is 1. The second-order valence-corrected chi connectivity index (χ2v) is 6.29. The molecule has 0 amide bonds. The molecule has 1 N–H and O–H groups in total. The summed E-state index contributed by atoms with van der Waals surface area (Å²) < 4.78 is 0. The van der Waals surface area contributed by atoms with Crippen LogP contribution in [0.25, 0.3) is 0 Å². The molecule has 0 bridgehead atoms. The van der Waals surface area contributed by atoms with Gasteiger partial charge in [-0.3, -0.25) is 4.90 Å². The van der Waals surface area contributed by atoms with Crippen LogP contribution >= 0.6 is 0 Å². The molecule has 1 heterocycles. The van der Waals surface area contributed by atoms with Crippen molar-refractivity contribution in [2.45, 2.75) is 58.0 Å². The van der Waals surface area contributed by atoms with Gasteiger partial charge in [0.1, 0.15) is 5.54 Å². The summed E-state index contributed by atoms with van der Waals surface area (Å²) in [5.41, 5.74) is -0.352. The molecule has 0 saturated carbocycles. The lowest BCUT2D eigenvalue weighted by molar-refractivity contribution is 0.0992. The molecule has 0 aliphatic carbocycles. The van der Waals surface area contributed by atoms with Crippen molar-refractivity contribution in [1.82, 2.24) is 15.1 Å². The van der Waals surface area contributed by atoms with Gasteiger partial charge in [-0.2, -0.15) is 5.26 Å². The van der Waals surface area contributed by atoms with Gasteiger partial charge in [0, 0.05) is 32.2 Å². The van der Waals surface area contributed by atoms with E-state index in [1.54, 1.807) is 0 Å². The lowest BCUT2D eigenvalue weighted by Crippen LogP contribution is -2.49. The molecule has 0 aromatic heterocycles. The second-order valence-electron chi connectivity index (χ2n) is 6.29. The van der Waals surface area contributed by atoms with E-state index in [0.29, 0.717) is 0 Å². The first-order valence-electron chi connectivity index (χ1n) is 8.11. The van der Waals surface area contributed by atoms with E-state index in [-0.39, 0.29) is 5.54 Å². The maximum Gasteiger partial charge on any atom is 0.103 e. The van der Waals surface area contributed by atoms with Crippen molar-refractivity contribution >= 4 is 0 Å². The maximum absolute atomic E-state index is 9.11. The number of nitrogens with one attached hydrogen (secondary N) is 1. The molecule has 0 spiro atoms. The lowest BCUT2D eigenvalue weighted by Gasteiger charge is -2.38. The zero-order valence-corrected chi connectivity index (χ0v) is 13.8. The van der Waals surface area contributed by atoms with Crippen molar-refractivity contribution in [1.29, 1.82) is 5.26 Å². The molecule has 1 fully saturated rings. The number of hydrogen-bond acceptors (Lipinski definition) is 4. The first kappa shape index (κ1) is 17.4. The predicted octanol–water partition coefficient (Wildman–Crippen LogP) is 2.07. The van der Waals surface area contributed by atoms with Crippen LogP contribution in [-0.2, 0) is 0 Å². The van der Waals surface area contributed by atoms with Gasteiger partial charge in [-0.15, -0.1) is 0 Å². The zero-order chi connectivity index (χ0) is 15.0. The fourth-order valence-corrected chi connectivity index (χ4v) is 2.74. The third-order valence-corrected chi connectivity index (χ3v) is 4.82. The molecule has 20 heavy (non-hydrogen) atoms. The Kier molecular flexibility index (Phi) is 7.50. The minimum Gasteiger partial charge on any atom is -0.303 e. The van der Waals surface area contributed by atoms with E-state index >= 15 is 0 Å². The Bertz CT molecular complexity index is 304. The van der Waals surface area contributed by atoms with Crippen LogP contribution in [0.5, 0.6) is 0 Å². The average molecular weight is 280 g/mol. The molecule has 0 aromatic carbocycles. The molecular weight excluding hydrogens is 248 g/mol. The topological polar surface area (TPSA) is 42.3 Å². The summed E-state index contributed by atoms with van der Waals surface area (Å²) in [5, 5.41) is 12.2. The standard InChI is InChI=1S/C16H32N4/c1-5-15(2)20-12-10-19(11-13-20)9-7-6-8-16(3,14-17)18-4/h15,18H,5-13H2,1-4H3. The van der Waals surface area contributed by atoms with Gasteiger partial charge < -0.3 is 10.2 Å². The molecule has 0 radical (unpaired) electrons. The van der Waals surface area contributed by atoms with Crippen molar-refractivity contribution in [3.63, 3.8) is 0 Å². The Hall–Kier alpha value is -0.630. The molecule has 1 saturated heterocycles. The van der Waals surface area contributed by atoms with Gasteiger partial charge in [-0.1, -0.05) is 6.92 Å². The van der Waals surface area contributed by atoms with E-state index in [9.17, 15) is 0 Å². The van der Waals surface area contributed by atoms with Gasteiger partial charge in [0.15, 0.2) is 0 Å². The van der Waals surface area contributed by atoms with Crippen LogP contribution in [0.15, 0.2) is 0 Å². The number of hydrogen-bond donors (Lipinski definition) is 1. The van der Waals surface area contributed by atoms with E-state index in [1.165, 1.54) is 45.6 Å². The van der Waals surface area contributed by atoms with Crippen LogP contribution in [0.4, 0.5) is 0 Å². The predicted molar refractivity (Wildman–Crippen MR) is 84.7 cm³/mol. The van der Waals surface area contributed by atoms with Crippen LogP contribution in [0.1, 0.15) is 46.5 Å². The minimum absolute atomic E-state index is 0.352. The van der Waals surface area contributed by atoms with Crippen molar-refractivity contribution < 1.29 is 0 Å². The third kappa shape index (κ3) is 5.40. The number of rotatable bonds is 8. The average Bonchev–Trinajstić information content (AvgIpc) is 2.51. The van der Waals surface area contributed by atoms with Crippen LogP contribution in [-0.4, -0.2) is 61.2 Å². The highest BCUT2D eigenvalue weighted by atomic mass is 15.3. The third-order valence-electron chi connectivity index (χ3n) is 4.82. The van der Waals surface area contributed by atoms with Crippen LogP contribution in [0.2, 0.25) is 0 Å². The highest BCUT2D eigenvalue weighted by Gasteiger charge is 2.22. The Labute approximate surface area is 125 Å². The van der Waals surface area contributed by atoms with E-state index in [1.807, 2.05) is 14.0 Å². The van der Waals surface area contributed by atoms with Crippen LogP contribution in [0.3, 0.4) is 0 Å². The normalized spacial score (nSPS) is 22.1. The minimum atomic E-state index is -0.352. The number of unbranched alkanes of at least 4 members (excludes halogenated alkanes) is 1. The number of nitrogens with zero attached hydrogens (tertiary/aromatic N) is 3. The van der Waals surface area contributed by atoms with Gasteiger partial charge in [0.2, 0.25) is 0 Å². The quantitative estimate of drug-likeness (QED) is 0.691. The number of nitriles is 1. The van der Waals surface area contributed by atoms with E-state index < -0.39 is 0 Å². The van der Waals surface area contributed by atoms with Crippen LogP contribution < -0.4 is 5.32 Å². The van der Waals surface area contributed by atoms with Gasteiger partial charge in [0.05, 0.1) is 6.07 Å². The zero-order valence-electron chi connectivity index (χ0n) is 13.8. The molecule has 1 aliphatic rings. The smallest absolute Gasteiger partial charge is 0.103 e. The summed E-state index contributed by atoms with van der Waals surface area (Å²) in [6.45, 7) is 12.6. The first-order chi connectivity index (χ1) is 9.54. The molecule has 4 nitrogen and oxygen atoms in total. The van der Waals surface area contributed by atoms with Crippen molar-refractivity contribution in [3.05, 3.63) is 0 Å². The van der Waals surface area contributed by atoms with Crippen molar-refractivity contribution in [2.24, 2.45) is 0 Å². The summed E-state index contributed by atoms with van der Waals surface area (Å²) in [6.07, 6.45) is 4.50. The molecule has 2 atom stereocenters. The summed E-state index contributed by atoms with van der Waals surface area (Å²) in [4.78, 5) is 5.17. The second kappa shape index (κ2) is 8.61. The Balaban J connectivity index is 2.15. The van der Waals surface area contributed by atoms with Gasteiger partial charge in [0.25, 0.3) is 0 Å². The largest absolute Gasteiger partial charge is 0.303 e. The van der Waals surface area contributed by atoms with Gasteiger partial charge in [-0.25, -0.2) is 0 Å². The molecule has 1 rings (SSSR count). The summed E-state index contributed by atoms with van der Waals surface area (Å²) >= 11 is 0. The molecule has 2 unspecified atom stereocenters. The molecule has 0 aromatic rings. The highest BCUT2D eigenvalue weighted by molar-refractivity contribution is 5.02. The molecule has 116 valence electrons. The van der Waals surface area contributed by atoms with Crippen molar-refractivity contribution in [3.8, 4) is 6.07 Å². The van der Waals surface area contributed by atoms with E-state index in [0.717, 1.165) is 18.9 Å².